The van der Waals surface area contributed by atoms with E-state index < -0.39 is 15.9 Å². The van der Waals surface area contributed by atoms with Gasteiger partial charge in [-0.1, -0.05) is 36.4 Å². The summed E-state index contributed by atoms with van der Waals surface area (Å²) in [7, 11) is -4.32. The molecule has 1 aliphatic rings. The molecule has 4 rings (SSSR count). The second-order valence-corrected chi connectivity index (χ2v) is 9.41. The van der Waals surface area contributed by atoms with Crippen molar-refractivity contribution in [1.29, 1.82) is 0 Å². The molecule has 9 heteroatoms. The van der Waals surface area contributed by atoms with Gasteiger partial charge in [-0.2, -0.15) is 8.42 Å². The number of fused-ring (bicyclic) bond motifs is 3. The normalized spacial score (nSPS) is 15.6. The van der Waals surface area contributed by atoms with Crippen LogP contribution in [0.3, 0.4) is 0 Å². The molecule has 1 aliphatic heterocycles. The van der Waals surface area contributed by atoms with Gasteiger partial charge in [-0.25, -0.2) is 4.98 Å². The number of rotatable bonds is 2. The number of thiazole rings is 1. The van der Waals surface area contributed by atoms with Crippen molar-refractivity contribution in [2.45, 2.75) is 25.7 Å². The molecule has 28 heavy (non-hydrogen) atoms. The molecule has 1 amide bonds. The van der Waals surface area contributed by atoms with Crippen molar-refractivity contribution < 1.29 is 18.4 Å². The molecule has 7 nitrogen and oxygen atoms in total. The van der Waals surface area contributed by atoms with E-state index in [1.54, 1.807) is 43.3 Å². The molecule has 0 atom stereocenters. The first kappa shape index (κ1) is 18.6. The largest absolute Gasteiger partial charge is 0.296 e. The van der Waals surface area contributed by atoms with Gasteiger partial charge in [0.05, 0.1) is 5.69 Å². The predicted molar refractivity (Wildman–Crippen MR) is 108 cm³/mol. The van der Waals surface area contributed by atoms with Gasteiger partial charge in [-0.05, 0) is 31.7 Å². The first-order valence-corrected chi connectivity index (χ1v) is 10.7. The van der Waals surface area contributed by atoms with E-state index in [-0.39, 0.29) is 15.1 Å². The van der Waals surface area contributed by atoms with Gasteiger partial charge in [0.15, 0.2) is 10.8 Å². The Morgan fingerprint density at radius 2 is 1.86 bits per heavy atom. The maximum absolute atomic E-state index is 13.0. The highest BCUT2D eigenvalue weighted by atomic mass is 32.2. The number of anilines is 1. The first-order chi connectivity index (χ1) is 13.2. The number of amides is 1. The van der Waals surface area contributed by atoms with E-state index in [4.69, 9.17) is 0 Å². The van der Waals surface area contributed by atoms with E-state index in [0.717, 1.165) is 16.0 Å². The van der Waals surface area contributed by atoms with Crippen molar-refractivity contribution >= 4 is 48.7 Å². The lowest BCUT2D eigenvalue weighted by Gasteiger charge is -2.28. The van der Waals surface area contributed by atoms with Crippen molar-refractivity contribution in [1.82, 2.24) is 9.45 Å². The van der Waals surface area contributed by atoms with Crippen LogP contribution in [0, 0.1) is 13.8 Å². The quantitative estimate of drug-likeness (QED) is 0.665. The summed E-state index contributed by atoms with van der Waals surface area (Å²) >= 11 is 1.28. The Bertz CT molecular complexity index is 1260. The molecule has 3 aromatic rings. The monoisotopic (exact) mass is 415 g/mol. The zero-order valence-electron chi connectivity index (χ0n) is 15.3. The van der Waals surface area contributed by atoms with Crippen molar-refractivity contribution in [3.63, 3.8) is 0 Å². The van der Waals surface area contributed by atoms with Crippen LogP contribution in [0.15, 0.2) is 47.0 Å². The highest BCUT2D eigenvalue weighted by Crippen LogP contribution is 2.40. The predicted octanol–water partition coefficient (Wildman–Crippen LogP) is 3.68. The maximum atomic E-state index is 13.0. The Labute approximate surface area is 166 Å². The number of benzene rings is 2. The third-order valence-corrected chi connectivity index (χ3v) is 7.36. The van der Waals surface area contributed by atoms with Crippen molar-refractivity contribution in [3.8, 4) is 0 Å². The van der Waals surface area contributed by atoms with Crippen molar-refractivity contribution in [2.24, 2.45) is 0 Å². The number of nitrogens with zero attached hydrogens (tertiary/aromatic N) is 2. The first-order valence-electron chi connectivity index (χ1n) is 8.44. The summed E-state index contributed by atoms with van der Waals surface area (Å²) in [4.78, 5) is 18.0. The molecule has 144 valence electrons. The molecule has 0 unspecified atom stereocenters. The molecule has 0 saturated carbocycles. The fourth-order valence-corrected chi connectivity index (χ4v) is 5.64. The van der Waals surface area contributed by atoms with Crippen LogP contribution in [0.25, 0.3) is 16.3 Å². The second-order valence-electron chi connectivity index (χ2n) is 6.50. The molecular formula is C19H17N3O4S2. The third-order valence-electron chi connectivity index (χ3n) is 4.78. The van der Waals surface area contributed by atoms with Crippen LogP contribution < -0.4 is 5.32 Å². The Balaban J connectivity index is 1.89. The average molecular weight is 415 g/mol. The lowest BCUT2D eigenvalue weighted by molar-refractivity contribution is -0.116. The molecule has 2 aromatic carbocycles. The van der Waals surface area contributed by atoms with Crippen LogP contribution in [-0.2, 0) is 14.8 Å². The Kier molecular flexibility index (Phi) is 4.25. The minimum Gasteiger partial charge on any atom is -0.296 e. The summed E-state index contributed by atoms with van der Waals surface area (Å²) in [6.07, 6.45) is 0. The van der Waals surface area contributed by atoms with Crippen LogP contribution in [0.5, 0.6) is 0 Å². The van der Waals surface area contributed by atoms with E-state index in [1.165, 1.54) is 11.3 Å². The van der Waals surface area contributed by atoms with Gasteiger partial charge in [0.25, 0.3) is 15.9 Å². The van der Waals surface area contributed by atoms with E-state index in [0.29, 0.717) is 21.7 Å². The number of sulfonamides is 1. The SMILES string of the molecule is CC1=C(C(=O)Nc2nc(C)c(C)s2)N(O)S(=O)(=O)c2c1ccc1ccccc21. The highest BCUT2D eigenvalue weighted by Gasteiger charge is 2.39. The lowest BCUT2D eigenvalue weighted by Crippen LogP contribution is -2.37. The van der Waals surface area contributed by atoms with Crippen LogP contribution in [-0.4, -0.2) is 29.0 Å². The number of carbonyl (C=O) groups excluding carboxylic acids is 1. The number of hydrogen-bond donors (Lipinski definition) is 2. The van der Waals surface area contributed by atoms with Gasteiger partial charge in [0.2, 0.25) is 0 Å². The average Bonchev–Trinajstić information content (AvgIpc) is 2.96. The standard InChI is InChI=1S/C19H17N3O4S2/c1-10-14-9-8-13-6-4-5-7-15(13)17(14)28(25,26)22(24)16(10)18(23)21-19-20-11(2)12(3)27-19/h4-9,24H,1-3H3,(H,20,21,23). The second kappa shape index (κ2) is 6.40. The maximum Gasteiger partial charge on any atom is 0.287 e. The topological polar surface area (TPSA) is 99.6 Å². The van der Waals surface area contributed by atoms with Gasteiger partial charge in [-0.3, -0.25) is 15.3 Å². The summed E-state index contributed by atoms with van der Waals surface area (Å²) < 4.78 is 26.1. The number of nitrogens with one attached hydrogen (secondary N) is 1. The molecule has 0 spiro atoms. The number of carbonyl (C=O) groups is 1. The minimum absolute atomic E-state index is 0.0110. The molecular weight excluding hydrogens is 398 g/mol. The molecule has 0 aliphatic carbocycles. The van der Waals surface area contributed by atoms with Gasteiger partial charge < -0.3 is 0 Å². The fraction of sp³-hybridized carbons (Fsp3) is 0.158. The van der Waals surface area contributed by atoms with Crippen LogP contribution in [0.4, 0.5) is 5.13 Å². The summed E-state index contributed by atoms with van der Waals surface area (Å²) in [5.41, 5.74) is 1.19. The molecule has 1 aromatic heterocycles. The van der Waals surface area contributed by atoms with Gasteiger partial charge in [-0.15, -0.1) is 15.8 Å². The molecule has 0 saturated heterocycles. The lowest BCUT2D eigenvalue weighted by atomic mass is 10.00. The van der Waals surface area contributed by atoms with Gasteiger partial charge in [0.1, 0.15) is 4.90 Å². The summed E-state index contributed by atoms with van der Waals surface area (Å²) in [6.45, 7) is 5.30. The van der Waals surface area contributed by atoms with Gasteiger partial charge in [0, 0.05) is 15.8 Å². The summed E-state index contributed by atoms with van der Waals surface area (Å²) in [5, 5.41) is 14.6. The summed E-state index contributed by atoms with van der Waals surface area (Å²) in [6, 6.07) is 10.5. The molecule has 2 N–H and O–H groups in total. The molecule has 0 fully saturated rings. The molecule has 0 radical (unpaired) electrons. The van der Waals surface area contributed by atoms with E-state index in [1.807, 2.05) is 13.8 Å². The smallest absolute Gasteiger partial charge is 0.287 e. The Morgan fingerprint density at radius 3 is 2.54 bits per heavy atom. The van der Waals surface area contributed by atoms with Gasteiger partial charge >= 0.3 is 0 Å². The number of aryl methyl sites for hydroxylation is 2. The third kappa shape index (κ3) is 2.70. The van der Waals surface area contributed by atoms with Crippen LogP contribution in [0.1, 0.15) is 23.1 Å². The number of allylic oxidation sites excluding steroid dienone is 1. The summed E-state index contributed by atoms with van der Waals surface area (Å²) in [5.74, 6) is -0.740. The molecule has 0 bridgehead atoms. The van der Waals surface area contributed by atoms with Crippen molar-refractivity contribution in [2.75, 3.05) is 5.32 Å². The van der Waals surface area contributed by atoms with Crippen molar-refractivity contribution in [3.05, 3.63) is 58.2 Å². The molecule has 2 heterocycles. The number of hydrogen-bond acceptors (Lipinski definition) is 6. The Hall–Kier alpha value is -2.75. The van der Waals surface area contributed by atoms with Crippen LogP contribution >= 0.6 is 11.3 Å². The highest BCUT2D eigenvalue weighted by molar-refractivity contribution is 7.89. The zero-order valence-corrected chi connectivity index (χ0v) is 17.0. The van der Waals surface area contributed by atoms with E-state index in [9.17, 15) is 18.4 Å². The fourth-order valence-electron chi connectivity index (χ4n) is 3.23. The Morgan fingerprint density at radius 1 is 1.14 bits per heavy atom. The van der Waals surface area contributed by atoms with E-state index in [2.05, 4.69) is 10.3 Å². The van der Waals surface area contributed by atoms with E-state index >= 15 is 0 Å². The minimum atomic E-state index is -4.32. The number of hydroxylamine groups is 1. The zero-order chi connectivity index (χ0) is 20.2. The number of aromatic nitrogens is 1. The van der Waals surface area contributed by atoms with Crippen LogP contribution in [0.2, 0.25) is 0 Å².